The topological polar surface area (TPSA) is 29.5 Å². The van der Waals surface area contributed by atoms with Crippen LogP contribution in [-0.4, -0.2) is 31.0 Å². The van der Waals surface area contributed by atoms with Gasteiger partial charge in [0.15, 0.2) is 0 Å². The summed E-state index contributed by atoms with van der Waals surface area (Å²) in [5.74, 6) is -0.0667. The molecule has 0 fully saturated rings. The third-order valence-corrected chi connectivity index (χ3v) is 3.58. The molecule has 0 heterocycles. The number of methoxy groups -OCH3 is 1. The van der Waals surface area contributed by atoms with E-state index in [-0.39, 0.29) is 11.9 Å². The number of hydrogen-bond donors (Lipinski definition) is 0. The third-order valence-electron chi connectivity index (χ3n) is 3.09. The molecule has 1 rings (SSSR count). The van der Waals surface area contributed by atoms with Crippen LogP contribution in [0.1, 0.15) is 25.8 Å². The van der Waals surface area contributed by atoms with Gasteiger partial charge in [-0.3, -0.25) is 4.79 Å². The molecule has 0 radical (unpaired) electrons. The molecule has 2 unspecified atom stereocenters. The summed E-state index contributed by atoms with van der Waals surface area (Å²) >= 11 is 6.12. The van der Waals surface area contributed by atoms with Gasteiger partial charge in [0.05, 0.1) is 12.6 Å². The average molecular weight is 284 g/mol. The van der Waals surface area contributed by atoms with Crippen molar-refractivity contribution in [3.63, 3.8) is 0 Å². The third kappa shape index (κ3) is 3.95. The maximum atomic E-state index is 12.5. The van der Waals surface area contributed by atoms with Gasteiger partial charge in [-0.05, 0) is 31.9 Å². The fourth-order valence-electron chi connectivity index (χ4n) is 2.05. The second kappa shape index (κ2) is 7.51. The molecule has 0 aromatic heterocycles. The Balaban J connectivity index is 3.12. The maximum Gasteiger partial charge on any atom is 0.245 e. The molecule has 4 heteroatoms. The number of alkyl halides is 1. The van der Waals surface area contributed by atoms with E-state index in [1.54, 1.807) is 12.0 Å². The second-order valence-electron chi connectivity index (χ2n) is 4.67. The minimum atomic E-state index is -0.501. The van der Waals surface area contributed by atoms with E-state index in [1.165, 1.54) is 0 Å². The molecule has 0 aliphatic heterocycles. The fourth-order valence-corrected chi connectivity index (χ4v) is 2.15. The van der Waals surface area contributed by atoms with Crippen LogP contribution in [0.2, 0.25) is 0 Å². The van der Waals surface area contributed by atoms with Crippen LogP contribution in [0.15, 0.2) is 24.3 Å². The van der Waals surface area contributed by atoms with Crippen molar-refractivity contribution in [2.24, 2.45) is 0 Å². The van der Waals surface area contributed by atoms with Gasteiger partial charge in [-0.15, -0.1) is 11.6 Å². The first-order valence-electron chi connectivity index (χ1n) is 6.54. The lowest BCUT2D eigenvalue weighted by Gasteiger charge is -2.31. The molecule has 0 bridgehead atoms. The highest BCUT2D eigenvalue weighted by Crippen LogP contribution is 2.24. The van der Waals surface area contributed by atoms with E-state index >= 15 is 0 Å². The van der Waals surface area contributed by atoms with E-state index in [1.807, 2.05) is 45.0 Å². The molecule has 0 saturated heterocycles. The molecular formula is C15H22ClNO2. The molecule has 0 spiro atoms. The molecular weight excluding hydrogens is 262 g/mol. The minimum Gasteiger partial charge on any atom is -0.383 e. The quantitative estimate of drug-likeness (QED) is 0.749. The SMILES string of the molecule is CCC(Cl)C(=O)N(c1ccccc1C)C(C)COC. The first-order chi connectivity index (χ1) is 9.02. The Bertz CT molecular complexity index is 422. The van der Waals surface area contributed by atoms with Crippen LogP contribution < -0.4 is 4.90 Å². The minimum absolute atomic E-state index is 0.0496. The first-order valence-corrected chi connectivity index (χ1v) is 6.98. The monoisotopic (exact) mass is 283 g/mol. The summed E-state index contributed by atoms with van der Waals surface area (Å²) in [6, 6.07) is 7.77. The number of rotatable bonds is 6. The van der Waals surface area contributed by atoms with Crippen molar-refractivity contribution in [1.29, 1.82) is 0 Å². The van der Waals surface area contributed by atoms with Gasteiger partial charge >= 0.3 is 0 Å². The number of nitrogens with zero attached hydrogens (tertiary/aromatic N) is 1. The molecule has 1 amide bonds. The Morgan fingerprint density at radius 1 is 1.42 bits per heavy atom. The molecule has 2 atom stereocenters. The number of ether oxygens (including phenoxy) is 1. The summed E-state index contributed by atoms with van der Waals surface area (Å²) < 4.78 is 5.17. The molecule has 0 aliphatic carbocycles. The van der Waals surface area contributed by atoms with Gasteiger partial charge in [0, 0.05) is 12.8 Å². The number of anilines is 1. The predicted octanol–water partition coefficient (Wildman–Crippen LogP) is 3.38. The second-order valence-corrected chi connectivity index (χ2v) is 5.20. The molecule has 19 heavy (non-hydrogen) atoms. The van der Waals surface area contributed by atoms with Gasteiger partial charge in [-0.1, -0.05) is 25.1 Å². The van der Waals surface area contributed by atoms with Crippen LogP contribution in [-0.2, 0) is 9.53 Å². The van der Waals surface area contributed by atoms with Crippen molar-refractivity contribution in [2.45, 2.75) is 38.6 Å². The molecule has 0 aliphatic rings. The number of carbonyl (C=O) groups excluding carboxylic acids is 1. The van der Waals surface area contributed by atoms with E-state index < -0.39 is 5.38 Å². The average Bonchev–Trinajstić information content (AvgIpc) is 2.40. The van der Waals surface area contributed by atoms with Crippen LogP contribution in [0.4, 0.5) is 5.69 Å². The lowest BCUT2D eigenvalue weighted by molar-refractivity contribution is -0.119. The van der Waals surface area contributed by atoms with Gasteiger partial charge in [0.2, 0.25) is 5.91 Å². The molecule has 106 valence electrons. The van der Waals surface area contributed by atoms with Crippen molar-refractivity contribution in [1.82, 2.24) is 0 Å². The number of hydrogen-bond acceptors (Lipinski definition) is 2. The summed E-state index contributed by atoms with van der Waals surface area (Å²) in [7, 11) is 1.63. The van der Waals surface area contributed by atoms with Crippen LogP contribution in [0, 0.1) is 6.92 Å². The van der Waals surface area contributed by atoms with E-state index in [4.69, 9.17) is 16.3 Å². The lowest BCUT2D eigenvalue weighted by atomic mass is 10.1. The number of carbonyl (C=O) groups is 1. The number of halogens is 1. The van der Waals surface area contributed by atoms with Crippen molar-refractivity contribution in [2.75, 3.05) is 18.6 Å². The van der Waals surface area contributed by atoms with Gasteiger partial charge in [0.25, 0.3) is 0 Å². The number of para-hydroxylation sites is 1. The van der Waals surface area contributed by atoms with Crippen molar-refractivity contribution < 1.29 is 9.53 Å². The van der Waals surface area contributed by atoms with Crippen molar-refractivity contribution in [3.05, 3.63) is 29.8 Å². The number of aryl methyl sites for hydroxylation is 1. The maximum absolute atomic E-state index is 12.5. The van der Waals surface area contributed by atoms with Gasteiger partial charge in [-0.25, -0.2) is 0 Å². The molecule has 3 nitrogen and oxygen atoms in total. The van der Waals surface area contributed by atoms with E-state index in [2.05, 4.69) is 0 Å². The zero-order valence-electron chi connectivity index (χ0n) is 12.0. The Labute approximate surface area is 120 Å². The van der Waals surface area contributed by atoms with Crippen LogP contribution >= 0.6 is 11.6 Å². The fraction of sp³-hybridized carbons (Fsp3) is 0.533. The Hall–Kier alpha value is -1.06. The lowest BCUT2D eigenvalue weighted by Crippen LogP contribution is -2.45. The molecule has 1 aromatic rings. The molecule has 0 N–H and O–H groups in total. The van der Waals surface area contributed by atoms with Gasteiger partial charge in [0.1, 0.15) is 5.38 Å². The Morgan fingerprint density at radius 2 is 2.05 bits per heavy atom. The zero-order chi connectivity index (χ0) is 14.4. The van der Waals surface area contributed by atoms with Gasteiger partial charge in [-0.2, -0.15) is 0 Å². The Morgan fingerprint density at radius 3 is 2.58 bits per heavy atom. The highest BCUT2D eigenvalue weighted by molar-refractivity contribution is 6.32. The van der Waals surface area contributed by atoms with Crippen LogP contribution in [0.25, 0.3) is 0 Å². The van der Waals surface area contributed by atoms with Crippen LogP contribution in [0.3, 0.4) is 0 Å². The summed E-state index contributed by atoms with van der Waals surface area (Å²) in [5, 5.41) is -0.501. The van der Waals surface area contributed by atoms with Crippen molar-refractivity contribution in [3.8, 4) is 0 Å². The summed E-state index contributed by atoms with van der Waals surface area (Å²) in [5.41, 5.74) is 1.95. The molecule has 0 saturated carbocycles. The number of amides is 1. The normalized spacial score (nSPS) is 13.9. The van der Waals surface area contributed by atoms with Crippen molar-refractivity contribution >= 4 is 23.2 Å². The summed E-state index contributed by atoms with van der Waals surface area (Å²) in [6.07, 6.45) is 0.614. The highest BCUT2D eigenvalue weighted by Gasteiger charge is 2.27. The Kier molecular flexibility index (Phi) is 6.32. The first kappa shape index (κ1) is 16.0. The summed E-state index contributed by atoms with van der Waals surface area (Å²) in [6.45, 7) is 6.34. The smallest absolute Gasteiger partial charge is 0.245 e. The van der Waals surface area contributed by atoms with E-state index in [9.17, 15) is 4.79 Å². The van der Waals surface area contributed by atoms with Gasteiger partial charge < -0.3 is 9.64 Å². The predicted molar refractivity (Wildman–Crippen MR) is 79.9 cm³/mol. The largest absolute Gasteiger partial charge is 0.383 e. The highest BCUT2D eigenvalue weighted by atomic mass is 35.5. The summed E-state index contributed by atoms with van der Waals surface area (Å²) in [4.78, 5) is 14.2. The van der Waals surface area contributed by atoms with E-state index in [0.29, 0.717) is 13.0 Å². The van der Waals surface area contributed by atoms with Crippen LogP contribution in [0.5, 0.6) is 0 Å². The standard InChI is InChI=1S/C15H22ClNO2/c1-5-13(16)15(18)17(12(3)10-19-4)14-9-7-6-8-11(14)2/h6-9,12-13H,5,10H2,1-4H3. The molecule has 1 aromatic carbocycles. The number of benzene rings is 1. The van der Waals surface area contributed by atoms with E-state index in [0.717, 1.165) is 11.3 Å². The zero-order valence-corrected chi connectivity index (χ0v) is 12.8.